The van der Waals surface area contributed by atoms with Crippen LogP contribution in [0.25, 0.3) is 0 Å². The molecule has 0 fully saturated rings. The van der Waals surface area contributed by atoms with Crippen molar-refractivity contribution in [2.45, 2.75) is 19.9 Å². The lowest BCUT2D eigenvalue weighted by molar-refractivity contribution is -0.140. The summed E-state index contributed by atoms with van der Waals surface area (Å²) in [5.74, 6) is -1.50. The van der Waals surface area contributed by atoms with Gasteiger partial charge in [0.15, 0.2) is 10.7 Å². The first-order valence-electron chi connectivity index (χ1n) is 4.78. The maximum absolute atomic E-state index is 11.8. The Hall–Kier alpha value is -1.34. The number of hydrogen-bond donors (Lipinski definition) is 3. The number of amides is 1. The molecule has 0 bridgehead atoms. The zero-order valence-electron chi connectivity index (χ0n) is 9.28. The lowest BCUT2D eigenvalue weighted by atomic mass is 10.1. The van der Waals surface area contributed by atoms with Crippen LogP contribution in [0.5, 0.6) is 0 Å². The molecule has 1 rings (SSSR count). The van der Waals surface area contributed by atoms with Crippen LogP contribution in [0.4, 0.5) is 0 Å². The van der Waals surface area contributed by atoms with Crippen molar-refractivity contribution in [3.05, 3.63) is 21.6 Å². The van der Waals surface area contributed by atoms with Gasteiger partial charge in [-0.05, 0) is 29.8 Å². The van der Waals surface area contributed by atoms with E-state index in [2.05, 4.69) is 21.2 Å². The zero-order chi connectivity index (χ0) is 13.2. The minimum atomic E-state index is -1.32. The topological polar surface area (TPSA) is 99.8 Å². The number of aliphatic carboxylic acids is 1. The summed E-state index contributed by atoms with van der Waals surface area (Å²) in [6.45, 7) is 2.60. The van der Waals surface area contributed by atoms with Crippen molar-refractivity contribution in [2.75, 3.05) is 6.61 Å². The first-order valence-corrected chi connectivity index (χ1v) is 5.57. The second-order valence-corrected chi connectivity index (χ2v) is 4.20. The van der Waals surface area contributed by atoms with Crippen molar-refractivity contribution in [1.29, 1.82) is 0 Å². The van der Waals surface area contributed by atoms with Gasteiger partial charge in [0.05, 0.1) is 12.2 Å². The third-order valence-electron chi connectivity index (χ3n) is 2.28. The highest BCUT2D eigenvalue weighted by Gasteiger charge is 2.24. The summed E-state index contributed by atoms with van der Waals surface area (Å²) >= 11 is 3.14. The molecular weight excluding hydrogens is 294 g/mol. The second-order valence-electron chi connectivity index (χ2n) is 3.48. The quantitative estimate of drug-likeness (QED) is 0.765. The Kier molecular flexibility index (Phi) is 4.30. The molecule has 1 heterocycles. The van der Waals surface area contributed by atoms with Crippen LogP contribution >= 0.6 is 15.9 Å². The van der Waals surface area contributed by atoms with E-state index in [4.69, 9.17) is 14.6 Å². The number of halogens is 1. The van der Waals surface area contributed by atoms with Crippen LogP contribution in [0.2, 0.25) is 0 Å². The van der Waals surface area contributed by atoms with Gasteiger partial charge in [-0.3, -0.25) is 4.79 Å². The number of nitrogens with one attached hydrogen (secondary N) is 1. The van der Waals surface area contributed by atoms with E-state index in [1.807, 2.05) is 0 Å². The van der Waals surface area contributed by atoms with Gasteiger partial charge < -0.3 is 19.9 Å². The zero-order valence-corrected chi connectivity index (χ0v) is 10.9. The second kappa shape index (κ2) is 5.33. The van der Waals surface area contributed by atoms with E-state index >= 15 is 0 Å². The predicted octanol–water partition coefficient (Wildman–Crippen LogP) is 0.834. The molecule has 1 amide bonds. The third-order valence-corrected chi connectivity index (χ3v) is 3.03. The third kappa shape index (κ3) is 2.86. The van der Waals surface area contributed by atoms with Crippen LogP contribution in [-0.4, -0.2) is 34.7 Å². The number of carbonyl (C=O) groups excluding carboxylic acids is 1. The van der Waals surface area contributed by atoms with E-state index < -0.39 is 24.5 Å². The smallest absolute Gasteiger partial charge is 0.328 e. The molecular formula is C10H12BrNO5. The molecule has 1 aromatic heterocycles. The Balaban J connectivity index is 2.94. The summed E-state index contributed by atoms with van der Waals surface area (Å²) in [6, 6.07) is -1.32. The Morgan fingerprint density at radius 3 is 2.41 bits per heavy atom. The van der Waals surface area contributed by atoms with Crippen molar-refractivity contribution in [2.24, 2.45) is 0 Å². The van der Waals surface area contributed by atoms with E-state index in [1.165, 1.54) is 0 Å². The molecule has 7 heteroatoms. The van der Waals surface area contributed by atoms with Gasteiger partial charge in [-0.25, -0.2) is 4.79 Å². The van der Waals surface area contributed by atoms with Crippen LogP contribution < -0.4 is 5.32 Å². The van der Waals surface area contributed by atoms with Crippen molar-refractivity contribution in [3.8, 4) is 0 Å². The van der Waals surface area contributed by atoms with Crippen LogP contribution in [-0.2, 0) is 4.79 Å². The van der Waals surface area contributed by atoms with E-state index in [0.717, 1.165) is 0 Å². The van der Waals surface area contributed by atoms with Gasteiger partial charge in [0.1, 0.15) is 5.76 Å². The predicted molar refractivity (Wildman–Crippen MR) is 61.9 cm³/mol. The summed E-state index contributed by atoms with van der Waals surface area (Å²) in [7, 11) is 0. The Bertz CT molecular complexity index is 454. The summed E-state index contributed by atoms with van der Waals surface area (Å²) in [4.78, 5) is 22.5. The average Bonchev–Trinajstić information content (AvgIpc) is 2.49. The fraction of sp³-hybridized carbons (Fsp3) is 0.400. The fourth-order valence-corrected chi connectivity index (χ4v) is 1.81. The number of aliphatic hydroxyl groups excluding tert-OH is 1. The van der Waals surface area contributed by atoms with Gasteiger partial charge in [0.25, 0.3) is 5.91 Å². The summed E-state index contributed by atoms with van der Waals surface area (Å²) in [6.07, 6.45) is 0. The molecule has 17 heavy (non-hydrogen) atoms. The molecule has 3 N–H and O–H groups in total. The van der Waals surface area contributed by atoms with Gasteiger partial charge in [-0.1, -0.05) is 0 Å². The molecule has 0 spiro atoms. The van der Waals surface area contributed by atoms with Crippen molar-refractivity contribution < 1.29 is 24.2 Å². The van der Waals surface area contributed by atoms with Gasteiger partial charge in [-0.15, -0.1) is 0 Å². The molecule has 0 unspecified atom stereocenters. The van der Waals surface area contributed by atoms with Crippen LogP contribution in [0.1, 0.15) is 21.7 Å². The van der Waals surface area contributed by atoms with Crippen LogP contribution in [0.15, 0.2) is 9.09 Å². The Labute approximate surface area is 106 Å². The Morgan fingerprint density at radius 2 is 2.06 bits per heavy atom. The number of carbonyl (C=O) groups is 2. The van der Waals surface area contributed by atoms with E-state index in [1.54, 1.807) is 13.8 Å². The minimum absolute atomic E-state index is 0.275. The molecule has 1 atom stereocenters. The molecule has 6 nitrogen and oxygen atoms in total. The van der Waals surface area contributed by atoms with E-state index in [-0.39, 0.29) is 5.56 Å². The number of rotatable bonds is 4. The highest BCUT2D eigenvalue weighted by molar-refractivity contribution is 9.10. The fourth-order valence-electron chi connectivity index (χ4n) is 1.37. The Morgan fingerprint density at radius 1 is 1.47 bits per heavy atom. The first-order chi connectivity index (χ1) is 7.88. The van der Waals surface area contributed by atoms with Gasteiger partial charge in [0.2, 0.25) is 0 Å². The normalized spacial score (nSPS) is 12.2. The number of carboxylic acids is 1. The largest absolute Gasteiger partial charge is 0.480 e. The summed E-state index contributed by atoms with van der Waals surface area (Å²) in [5, 5.41) is 19.7. The van der Waals surface area contributed by atoms with Crippen LogP contribution in [0, 0.1) is 13.8 Å². The number of furan rings is 1. The SMILES string of the molecule is Cc1oc(Br)c(C)c1C(=O)N[C@@H](CO)C(=O)O. The molecule has 94 valence electrons. The molecule has 0 saturated heterocycles. The van der Waals surface area contributed by atoms with Crippen molar-refractivity contribution in [1.82, 2.24) is 5.32 Å². The minimum Gasteiger partial charge on any atom is -0.480 e. The number of carboxylic acid groups (broad SMARTS) is 1. The molecule has 1 aromatic rings. The van der Waals surface area contributed by atoms with Gasteiger partial charge in [-0.2, -0.15) is 0 Å². The maximum Gasteiger partial charge on any atom is 0.328 e. The van der Waals surface area contributed by atoms with Crippen molar-refractivity contribution >= 4 is 27.8 Å². The lowest BCUT2D eigenvalue weighted by Crippen LogP contribution is -2.43. The average molecular weight is 306 g/mol. The summed E-state index contributed by atoms with van der Waals surface area (Å²) in [5.41, 5.74) is 0.860. The van der Waals surface area contributed by atoms with Crippen LogP contribution in [0.3, 0.4) is 0 Å². The van der Waals surface area contributed by atoms with E-state index in [0.29, 0.717) is 16.0 Å². The molecule has 0 saturated carbocycles. The number of hydrogen-bond acceptors (Lipinski definition) is 4. The first kappa shape index (κ1) is 13.7. The molecule has 0 aromatic carbocycles. The molecule has 0 aliphatic carbocycles. The number of aryl methyl sites for hydroxylation is 1. The highest BCUT2D eigenvalue weighted by Crippen LogP contribution is 2.26. The summed E-state index contributed by atoms with van der Waals surface area (Å²) < 4.78 is 5.61. The lowest BCUT2D eigenvalue weighted by Gasteiger charge is -2.11. The molecule has 0 aliphatic heterocycles. The maximum atomic E-state index is 11.8. The highest BCUT2D eigenvalue weighted by atomic mass is 79.9. The van der Waals surface area contributed by atoms with Crippen molar-refractivity contribution in [3.63, 3.8) is 0 Å². The molecule has 0 aliphatic rings. The molecule has 0 radical (unpaired) electrons. The van der Waals surface area contributed by atoms with E-state index in [9.17, 15) is 9.59 Å². The van der Waals surface area contributed by atoms with Gasteiger partial charge >= 0.3 is 5.97 Å². The standard InChI is InChI=1S/C10H12BrNO5/c1-4-7(5(2)17-8(4)11)9(14)12-6(3-13)10(15)16/h6,13H,3H2,1-2H3,(H,12,14)(H,15,16)/t6-/m0/s1. The monoisotopic (exact) mass is 305 g/mol. The van der Waals surface area contributed by atoms with Gasteiger partial charge in [0, 0.05) is 5.56 Å². The number of aliphatic hydroxyl groups is 1.